The van der Waals surface area contributed by atoms with Crippen LogP contribution in [0.1, 0.15) is 24.8 Å². The second-order valence-electron chi connectivity index (χ2n) is 9.80. The van der Waals surface area contributed by atoms with E-state index in [1.54, 1.807) is 6.20 Å². The number of hydrogen-bond donors (Lipinski definition) is 2. The van der Waals surface area contributed by atoms with Gasteiger partial charge in [0.1, 0.15) is 5.69 Å². The summed E-state index contributed by atoms with van der Waals surface area (Å²) in [4.78, 5) is 19.6. The van der Waals surface area contributed by atoms with E-state index < -0.39 is 0 Å². The Hall–Kier alpha value is -4.36. The third-order valence-electron chi connectivity index (χ3n) is 7.29. The monoisotopic (exact) mass is 485 g/mol. The summed E-state index contributed by atoms with van der Waals surface area (Å²) in [5.41, 5.74) is 9.21. The van der Waals surface area contributed by atoms with Gasteiger partial charge in [-0.25, -0.2) is 0 Å². The molecule has 1 fully saturated rings. The van der Waals surface area contributed by atoms with E-state index in [0.717, 1.165) is 62.1 Å². The fraction of sp³-hybridized carbons (Fsp3) is 0.200. The summed E-state index contributed by atoms with van der Waals surface area (Å²) in [6.07, 6.45) is 13.4. The molecule has 0 unspecified atom stereocenters. The van der Waals surface area contributed by atoms with Gasteiger partial charge in [0.05, 0.1) is 28.6 Å². The van der Waals surface area contributed by atoms with Crippen molar-refractivity contribution in [1.29, 1.82) is 0 Å². The fourth-order valence-electron chi connectivity index (χ4n) is 5.41. The number of piperidine rings is 1. The van der Waals surface area contributed by atoms with E-state index in [-0.39, 0.29) is 0 Å². The maximum absolute atomic E-state index is 4.68. The van der Waals surface area contributed by atoms with Gasteiger partial charge in [-0.05, 0) is 73.5 Å². The molecule has 0 radical (unpaired) electrons. The molecule has 7 rings (SSSR count). The molecule has 182 valence electrons. The summed E-state index contributed by atoms with van der Waals surface area (Å²) < 4.78 is 0. The van der Waals surface area contributed by atoms with Crippen molar-refractivity contribution in [3.05, 3.63) is 85.1 Å². The zero-order valence-corrected chi connectivity index (χ0v) is 20.5. The van der Waals surface area contributed by atoms with Gasteiger partial charge in [0.15, 0.2) is 0 Å². The molecule has 7 nitrogen and oxygen atoms in total. The van der Waals surface area contributed by atoms with E-state index in [2.05, 4.69) is 65.4 Å². The first kappa shape index (κ1) is 21.9. The molecule has 2 N–H and O–H groups in total. The number of benzene rings is 1. The lowest BCUT2D eigenvalue weighted by Gasteiger charge is -2.26. The molecular weight excluding hydrogens is 458 g/mol. The number of nitrogens with one attached hydrogen (secondary N) is 2. The molecule has 0 saturated carbocycles. The van der Waals surface area contributed by atoms with Crippen LogP contribution in [0.2, 0.25) is 0 Å². The Morgan fingerprint density at radius 3 is 2.59 bits per heavy atom. The highest BCUT2D eigenvalue weighted by atomic mass is 15.1. The zero-order chi connectivity index (χ0) is 24.6. The summed E-state index contributed by atoms with van der Waals surface area (Å²) in [5.74, 6) is 0. The molecule has 37 heavy (non-hydrogen) atoms. The predicted molar refractivity (Wildman–Crippen MR) is 147 cm³/mol. The Labute approximate surface area is 214 Å². The molecule has 5 aromatic heterocycles. The standard InChI is InChI=1S/C30H27N7/c1-4-10-37(11-5-1)19-20-12-22(16-31-15-20)21-7-8-27-24(13-21)30(36-35-27)28-14-23-25(17-32-18-29(23)34-28)26-6-2-3-9-33-26/h2-3,6-9,12-18,34H,1,4-5,10-11,19H2,(H,35,36). The van der Waals surface area contributed by atoms with E-state index in [0.29, 0.717) is 0 Å². The van der Waals surface area contributed by atoms with Crippen LogP contribution in [-0.2, 0) is 6.54 Å². The average molecular weight is 486 g/mol. The van der Waals surface area contributed by atoms with Crippen molar-refractivity contribution in [3.8, 4) is 33.8 Å². The fourth-order valence-corrected chi connectivity index (χ4v) is 5.41. The summed E-state index contributed by atoms with van der Waals surface area (Å²) in [6.45, 7) is 3.31. The van der Waals surface area contributed by atoms with Gasteiger partial charge in [-0.2, -0.15) is 5.10 Å². The van der Waals surface area contributed by atoms with Gasteiger partial charge in [-0.15, -0.1) is 0 Å². The van der Waals surface area contributed by atoms with Crippen LogP contribution in [0.25, 0.3) is 55.6 Å². The second kappa shape index (κ2) is 9.26. The molecule has 6 aromatic rings. The van der Waals surface area contributed by atoms with E-state index in [1.165, 1.54) is 37.9 Å². The van der Waals surface area contributed by atoms with Crippen LogP contribution < -0.4 is 0 Å². The Bertz CT molecular complexity index is 1690. The normalized spacial score (nSPS) is 14.5. The van der Waals surface area contributed by atoms with Gasteiger partial charge < -0.3 is 4.98 Å². The van der Waals surface area contributed by atoms with E-state index in [4.69, 9.17) is 0 Å². The van der Waals surface area contributed by atoms with Crippen LogP contribution >= 0.6 is 0 Å². The predicted octanol–water partition coefficient (Wildman–Crippen LogP) is 6.22. The summed E-state index contributed by atoms with van der Waals surface area (Å²) in [6, 6.07) is 16.8. The molecule has 1 aliphatic rings. The maximum Gasteiger partial charge on any atom is 0.116 e. The lowest BCUT2D eigenvalue weighted by atomic mass is 10.0. The second-order valence-corrected chi connectivity index (χ2v) is 9.80. The number of aromatic nitrogens is 6. The van der Waals surface area contributed by atoms with Crippen molar-refractivity contribution in [1.82, 2.24) is 35.0 Å². The number of pyridine rings is 3. The lowest BCUT2D eigenvalue weighted by molar-refractivity contribution is 0.220. The quantitative estimate of drug-likeness (QED) is 0.303. The molecule has 1 aromatic carbocycles. The molecule has 0 atom stereocenters. The first-order valence-electron chi connectivity index (χ1n) is 12.9. The van der Waals surface area contributed by atoms with Gasteiger partial charge >= 0.3 is 0 Å². The third kappa shape index (κ3) is 4.17. The average Bonchev–Trinajstić information content (AvgIpc) is 3.58. The van der Waals surface area contributed by atoms with Crippen molar-refractivity contribution < 1.29 is 0 Å². The highest BCUT2D eigenvalue weighted by Crippen LogP contribution is 2.34. The first-order valence-corrected chi connectivity index (χ1v) is 12.9. The molecule has 0 spiro atoms. The Balaban J connectivity index is 1.26. The number of nitrogens with zero attached hydrogens (tertiary/aromatic N) is 5. The maximum atomic E-state index is 4.68. The molecule has 6 heterocycles. The summed E-state index contributed by atoms with van der Waals surface area (Å²) in [5, 5.41) is 10.0. The zero-order valence-electron chi connectivity index (χ0n) is 20.5. The van der Waals surface area contributed by atoms with E-state index in [1.807, 2.05) is 43.0 Å². The molecule has 0 bridgehead atoms. The largest absolute Gasteiger partial charge is 0.352 e. The van der Waals surface area contributed by atoms with Gasteiger partial charge in [0.2, 0.25) is 0 Å². The van der Waals surface area contributed by atoms with Crippen molar-refractivity contribution in [2.75, 3.05) is 13.1 Å². The lowest BCUT2D eigenvalue weighted by Crippen LogP contribution is -2.29. The van der Waals surface area contributed by atoms with Crippen molar-refractivity contribution in [2.45, 2.75) is 25.8 Å². The minimum atomic E-state index is 0.887. The van der Waals surface area contributed by atoms with Crippen LogP contribution in [-0.4, -0.2) is 48.1 Å². The van der Waals surface area contributed by atoms with Crippen LogP contribution in [0.5, 0.6) is 0 Å². The van der Waals surface area contributed by atoms with Crippen molar-refractivity contribution in [3.63, 3.8) is 0 Å². The number of rotatable bonds is 5. The smallest absolute Gasteiger partial charge is 0.116 e. The molecule has 0 aliphatic carbocycles. The van der Waals surface area contributed by atoms with Gasteiger partial charge in [0.25, 0.3) is 0 Å². The Kier molecular flexibility index (Phi) is 5.48. The minimum absolute atomic E-state index is 0.887. The first-order chi connectivity index (χ1) is 18.3. The van der Waals surface area contributed by atoms with Crippen molar-refractivity contribution >= 4 is 21.8 Å². The van der Waals surface area contributed by atoms with Gasteiger partial charge in [-0.3, -0.25) is 25.0 Å². The Morgan fingerprint density at radius 1 is 0.784 bits per heavy atom. The number of likely N-dealkylation sites (tertiary alicyclic amines) is 1. The minimum Gasteiger partial charge on any atom is -0.352 e. The number of H-pyrrole nitrogens is 2. The molecular formula is C30H27N7. The molecule has 1 saturated heterocycles. The number of hydrogen-bond acceptors (Lipinski definition) is 5. The highest BCUT2D eigenvalue weighted by molar-refractivity contribution is 6.01. The third-order valence-corrected chi connectivity index (χ3v) is 7.29. The van der Waals surface area contributed by atoms with Crippen LogP contribution in [0.15, 0.2) is 79.5 Å². The summed E-state index contributed by atoms with van der Waals surface area (Å²) >= 11 is 0. The highest BCUT2D eigenvalue weighted by Gasteiger charge is 2.16. The summed E-state index contributed by atoms with van der Waals surface area (Å²) in [7, 11) is 0. The molecule has 0 amide bonds. The van der Waals surface area contributed by atoms with Crippen LogP contribution in [0.4, 0.5) is 0 Å². The van der Waals surface area contributed by atoms with Crippen LogP contribution in [0.3, 0.4) is 0 Å². The molecule has 1 aliphatic heterocycles. The number of aromatic amines is 2. The SMILES string of the molecule is c1ccc(-c2cncc3[nH]c(-c4n[nH]c5ccc(-c6cncc(CN7CCCCC7)c6)cc45)cc23)nc1. The number of fused-ring (bicyclic) bond motifs is 2. The van der Waals surface area contributed by atoms with Gasteiger partial charge in [-0.1, -0.05) is 18.6 Å². The molecule has 7 heteroatoms. The van der Waals surface area contributed by atoms with Gasteiger partial charge in [0, 0.05) is 53.2 Å². The van der Waals surface area contributed by atoms with E-state index >= 15 is 0 Å². The topological polar surface area (TPSA) is 86.4 Å². The Morgan fingerprint density at radius 2 is 1.70 bits per heavy atom. The van der Waals surface area contributed by atoms with Crippen LogP contribution in [0, 0.1) is 0 Å². The van der Waals surface area contributed by atoms with Crippen molar-refractivity contribution in [2.24, 2.45) is 0 Å². The van der Waals surface area contributed by atoms with E-state index in [9.17, 15) is 0 Å².